The molecule has 7 heteroatoms. The van der Waals surface area contributed by atoms with Gasteiger partial charge in [0.25, 0.3) is 5.69 Å². The topological polar surface area (TPSA) is 81.8 Å². The van der Waals surface area contributed by atoms with Crippen LogP contribution in [-0.2, 0) is 0 Å². The fourth-order valence-electron chi connectivity index (χ4n) is 1.20. The van der Waals surface area contributed by atoms with Crippen molar-refractivity contribution in [1.29, 1.82) is 0 Å². The maximum absolute atomic E-state index is 10.6. The smallest absolute Gasteiger partial charge is 0.258 e. The zero-order valence-corrected chi connectivity index (χ0v) is 8.63. The van der Waals surface area contributed by atoms with Crippen molar-refractivity contribution in [2.24, 2.45) is 0 Å². The van der Waals surface area contributed by atoms with Crippen LogP contribution in [0.3, 0.4) is 0 Å². The number of hydrogen-bond donors (Lipinski definition) is 0. The molecule has 16 heavy (non-hydrogen) atoms. The van der Waals surface area contributed by atoms with E-state index in [1.165, 1.54) is 24.8 Å². The van der Waals surface area contributed by atoms with Gasteiger partial charge in [-0.2, -0.15) is 0 Å². The predicted octanol–water partition coefficient (Wildman–Crippen LogP) is 2.10. The summed E-state index contributed by atoms with van der Waals surface area (Å²) in [6, 6.07) is 4.19. The molecule has 0 N–H and O–H groups in total. The van der Waals surface area contributed by atoms with Crippen LogP contribution in [-0.4, -0.2) is 19.9 Å². The van der Waals surface area contributed by atoms with E-state index in [1.54, 1.807) is 6.07 Å². The zero-order chi connectivity index (χ0) is 11.5. The molecule has 80 valence electrons. The highest BCUT2D eigenvalue weighted by Gasteiger charge is 2.11. The predicted molar refractivity (Wildman–Crippen MR) is 56.9 cm³/mol. The van der Waals surface area contributed by atoms with Gasteiger partial charge in [0.1, 0.15) is 12.7 Å². The average molecular weight is 237 g/mol. The molecule has 0 atom stereocenters. The van der Waals surface area contributed by atoms with E-state index in [2.05, 4.69) is 15.0 Å². The number of nitro benzene ring substituents is 1. The zero-order valence-electron chi connectivity index (χ0n) is 7.87. The molecule has 1 aromatic carbocycles. The van der Waals surface area contributed by atoms with Crippen molar-refractivity contribution in [2.45, 2.75) is 0 Å². The molecule has 6 nitrogen and oxygen atoms in total. The van der Waals surface area contributed by atoms with Gasteiger partial charge in [0, 0.05) is 22.7 Å². The molecule has 0 radical (unpaired) electrons. The number of aromatic nitrogens is 3. The van der Waals surface area contributed by atoms with Crippen molar-refractivity contribution >= 4 is 17.3 Å². The summed E-state index contributed by atoms with van der Waals surface area (Å²) >= 11 is 5.77. The van der Waals surface area contributed by atoms with Gasteiger partial charge in [0.2, 0.25) is 0 Å². The first-order valence-corrected chi connectivity index (χ1v) is 4.62. The van der Waals surface area contributed by atoms with E-state index in [0.29, 0.717) is 11.4 Å². The number of non-ortho nitro benzene ring substituents is 1. The molecule has 2 aromatic rings. The molecule has 0 aliphatic carbocycles. The molecule has 0 saturated heterocycles. The summed E-state index contributed by atoms with van der Waals surface area (Å²) in [5.41, 5.74) is 0.393. The molecular formula is C9H5ClN4O2. The van der Waals surface area contributed by atoms with Gasteiger partial charge in [-0.05, 0) is 6.07 Å². The third kappa shape index (κ3) is 2.12. The first-order valence-electron chi connectivity index (χ1n) is 4.24. The second-order valence-electron chi connectivity index (χ2n) is 2.92. The molecule has 0 aliphatic rings. The molecule has 0 fully saturated rings. The molecule has 0 aliphatic heterocycles. The minimum absolute atomic E-state index is 0.0945. The summed E-state index contributed by atoms with van der Waals surface area (Å²) in [5, 5.41) is 10.9. The van der Waals surface area contributed by atoms with Crippen molar-refractivity contribution in [1.82, 2.24) is 15.0 Å². The number of nitro groups is 1. The summed E-state index contributed by atoms with van der Waals surface area (Å²) in [7, 11) is 0. The summed E-state index contributed by atoms with van der Waals surface area (Å²) in [5.74, 6) is 0.348. The lowest BCUT2D eigenvalue weighted by Crippen LogP contribution is -1.92. The maximum Gasteiger partial charge on any atom is 0.271 e. The Morgan fingerprint density at radius 1 is 1.19 bits per heavy atom. The third-order valence-electron chi connectivity index (χ3n) is 1.84. The Balaban J connectivity index is 2.54. The normalized spacial score (nSPS) is 10.1. The molecule has 0 spiro atoms. The van der Waals surface area contributed by atoms with Gasteiger partial charge in [0.05, 0.1) is 4.92 Å². The number of rotatable bonds is 2. The first kappa shape index (κ1) is 10.4. The molecule has 0 saturated carbocycles. The summed E-state index contributed by atoms with van der Waals surface area (Å²) in [4.78, 5) is 21.5. The lowest BCUT2D eigenvalue weighted by atomic mass is 10.2. The number of nitrogens with zero attached hydrogens (tertiary/aromatic N) is 4. The summed E-state index contributed by atoms with van der Waals surface area (Å²) in [6.07, 6.45) is 2.63. The first-order chi connectivity index (χ1) is 7.66. The van der Waals surface area contributed by atoms with Crippen LogP contribution in [0.2, 0.25) is 5.02 Å². The fraction of sp³-hybridized carbons (Fsp3) is 0. The van der Waals surface area contributed by atoms with Gasteiger partial charge in [-0.1, -0.05) is 11.6 Å². The highest BCUT2D eigenvalue weighted by atomic mass is 35.5. The molecule has 0 amide bonds. The summed E-state index contributed by atoms with van der Waals surface area (Å²) < 4.78 is 0. The van der Waals surface area contributed by atoms with E-state index < -0.39 is 4.92 Å². The highest BCUT2D eigenvalue weighted by Crippen LogP contribution is 2.25. The fourth-order valence-corrected chi connectivity index (χ4v) is 1.43. The molecule has 0 unspecified atom stereocenters. The number of benzene rings is 1. The lowest BCUT2D eigenvalue weighted by molar-refractivity contribution is -0.384. The second-order valence-corrected chi connectivity index (χ2v) is 3.35. The molecule has 2 rings (SSSR count). The van der Waals surface area contributed by atoms with Crippen molar-refractivity contribution < 1.29 is 4.92 Å². The lowest BCUT2D eigenvalue weighted by Gasteiger charge is -1.99. The van der Waals surface area contributed by atoms with Crippen LogP contribution in [0.15, 0.2) is 30.9 Å². The summed E-state index contributed by atoms with van der Waals surface area (Å²) in [6.45, 7) is 0. The maximum atomic E-state index is 10.6. The van der Waals surface area contributed by atoms with Crippen LogP contribution in [0, 0.1) is 10.1 Å². The van der Waals surface area contributed by atoms with E-state index in [1.807, 2.05) is 0 Å². The van der Waals surface area contributed by atoms with Crippen LogP contribution in [0.1, 0.15) is 0 Å². The Bertz CT molecular complexity index is 532. The van der Waals surface area contributed by atoms with Gasteiger partial charge < -0.3 is 0 Å². The SMILES string of the molecule is O=[N+]([O-])c1cc(Cl)cc(-c2ncncn2)c1. The average Bonchev–Trinajstić information content (AvgIpc) is 2.29. The van der Waals surface area contributed by atoms with Crippen molar-refractivity contribution in [2.75, 3.05) is 0 Å². The molecule has 1 aromatic heterocycles. The van der Waals surface area contributed by atoms with E-state index in [-0.39, 0.29) is 10.7 Å². The molecule has 1 heterocycles. The quantitative estimate of drug-likeness (QED) is 0.589. The molecular weight excluding hydrogens is 232 g/mol. The number of hydrogen-bond acceptors (Lipinski definition) is 5. The Morgan fingerprint density at radius 3 is 2.50 bits per heavy atom. The van der Waals surface area contributed by atoms with Crippen LogP contribution < -0.4 is 0 Å². The van der Waals surface area contributed by atoms with Crippen molar-refractivity contribution in [3.05, 3.63) is 46.0 Å². The second kappa shape index (κ2) is 4.19. The van der Waals surface area contributed by atoms with Gasteiger partial charge >= 0.3 is 0 Å². The third-order valence-corrected chi connectivity index (χ3v) is 2.06. The van der Waals surface area contributed by atoms with Gasteiger partial charge in [-0.3, -0.25) is 10.1 Å². The van der Waals surface area contributed by atoms with Gasteiger partial charge in [-0.15, -0.1) is 0 Å². The van der Waals surface area contributed by atoms with E-state index >= 15 is 0 Å². The standard InChI is InChI=1S/C9H5ClN4O2/c10-7-1-6(2-8(3-7)14(15)16)9-12-4-11-5-13-9/h1-5H. The Hall–Kier alpha value is -2.08. The minimum atomic E-state index is -0.517. The minimum Gasteiger partial charge on any atom is -0.258 e. The monoisotopic (exact) mass is 236 g/mol. The van der Waals surface area contributed by atoms with Crippen LogP contribution in [0.5, 0.6) is 0 Å². The van der Waals surface area contributed by atoms with Crippen LogP contribution in [0.25, 0.3) is 11.4 Å². The van der Waals surface area contributed by atoms with Crippen molar-refractivity contribution in [3.63, 3.8) is 0 Å². The Morgan fingerprint density at radius 2 is 1.88 bits per heavy atom. The Labute approximate surface area is 95.1 Å². The largest absolute Gasteiger partial charge is 0.271 e. The Kier molecular flexibility index (Phi) is 2.74. The van der Waals surface area contributed by atoms with E-state index in [0.717, 1.165) is 0 Å². The van der Waals surface area contributed by atoms with Crippen LogP contribution >= 0.6 is 11.6 Å². The van der Waals surface area contributed by atoms with Gasteiger partial charge in [-0.25, -0.2) is 15.0 Å². The van der Waals surface area contributed by atoms with E-state index in [4.69, 9.17) is 11.6 Å². The van der Waals surface area contributed by atoms with E-state index in [9.17, 15) is 10.1 Å². The van der Waals surface area contributed by atoms with Crippen molar-refractivity contribution in [3.8, 4) is 11.4 Å². The molecule has 0 bridgehead atoms. The highest BCUT2D eigenvalue weighted by molar-refractivity contribution is 6.31. The number of halogens is 1. The van der Waals surface area contributed by atoms with Gasteiger partial charge in [0.15, 0.2) is 5.82 Å². The van der Waals surface area contributed by atoms with Crippen LogP contribution in [0.4, 0.5) is 5.69 Å².